The van der Waals surface area contributed by atoms with E-state index in [0.717, 1.165) is 38.7 Å². The van der Waals surface area contributed by atoms with Crippen molar-refractivity contribution in [2.45, 2.75) is 37.4 Å². The van der Waals surface area contributed by atoms with E-state index in [9.17, 15) is 0 Å². The van der Waals surface area contributed by atoms with Crippen LogP contribution in [0.3, 0.4) is 0 Å². The molecule has 2 aromatic carbocycles. The topological polar surface area (TPSA) is 52.8 Å². The maximum absolute atomic E-state index is 6.05. The summed E-state index contributed by atoms with van der Waals surface area (Å²) < 4.78 is 8.10. The van der Waals surface area contributed by atoms with Gasteiger partial charge in [0.25, 0.3) is 0 Å². The lowest BCUT2D eigenvalue weighted by atomic mass is 10.2. The Balaban J connectivity index is 1.46. The predicted molar refractivity (Wildman–Crippen MR) is 128 cm³/mol. The fourth-order valence-corrected chi connectivity index (χ4v) is 4.88. The van der Waals surface area contributed by atoms with E-state index in [2.05, 4.69) is 57.9 Å². The summed E-state index contributed by atoms with van der Waals surface area (Å²) in [6.07, 6.45) is 1.63. The number of hydrogen-bond acceptors (Lipinski definition) is 6. The number of nitrogens with zero attached hydrogens (tertiary/aromatic N) is 4. The molecular weight excluding hydrogens is 424 g/mol. The summed E-state index contributed by atoms with van der Waals surface area (Å²) in [7, 11) is 0. The third-order valence-corrected chi connectivity index (χ3v) is 6.62. The maximum atomic E-state index is 6.05. The Kier molecular flexibility index (Phi) is 6.84. The zero-order chi connectivity index (χ0) is 21.6. The molecule has 0 spiro atoms. The standard InChI is InChI=1S/C24H24N4OS2/c1-4-14-28-22(18(3)29-21-8-6-5-7-9-21)26-27-24(28)31-16-20-15-30-23(25-20)19-12-10-17(2)11-13-19/h4-13,15,18H,1,14,16H2,2-3H3. The van der Waals surface area contributed by atoms with Crippen molar-refractivity contribution in [2.75, 3.05) is 0 Å². The van der Waals surface area contributed by atoms with Gasteiger partial charge in [-0.3, -0.25) is 4.57 Å². The van der Waals surface area contributed by atoms with Crippen molar-refractivity contribution in [3.05, 3.63) is 89.7 Å². The van der Waals surface area contributed by atoms with Gasteiger partial charge in [0.15, 0.2) is 17.1 Å². The molecule has 158 valence electrons. The Morgan fingerprint density at radius 3 is 2.65 bits per heavy atom. The molecule has 0 saturated heterocycles. The van der Waals surface area contributed by atoms with Crippen LogP contribution in [0.5, 0.6) is 5.75 Å². The summed E-state index contributed by atoms with van der Waals surface area (Å²) >= 11 is 3.29. The van der Waals surface area contributed by atoms with Crippen molar-refractivity contribution in [3.8, 4) is 16.3 Å². The summed E-state index contributed by atoms with van der Waals surface area (Å²) in [6.45, 7) is 8.58. The zero-order valence-electron chi connectivity index (χ0n) is 17.6. The summed E-state index contributed by atoms with van der Waals surface area (Å²) in [6, 6.07) is 18.2. The van der Waals surface area contributed by atoms with Gasteiger partial charge in [-0.05, 0) is 26.0 Å². The van der Waals surface area contributed by atoms with Gasteiger partial charge in [-0.1, -0.05) is 65.9 Å². The van der Waals surface area contributed by atoms with Crippen molar-refractivity contribution in [1.82, 2.24) is 19.7 Å². The number of thiazole rings is 1. The first-order valence-electron chi connectivity index (χ1n) is 10.0. The van der Waals surface area contributed by atoms with Crippen LogP contribution in [0, 0.1) is 6.92 Å². The molecule has 0 N–H and O–H groups in total. The molecule has 1 unspecified atom stereocenters. The largest absolute Gasteiger partial charge is 0.483 e. The number of aromatic nitrogens is 4. The Morgan fingerprint density at radius 1 is 1.13 bits per heavy atom. The highest BCUT2D eigenvalue weighted by molar-refractivity contribution is 7.98. The van der Waals surface area contributed by atoms with Crippen LogP contribution in [-0.2, 0) is 12.3 Å². The predicted octanol–water partition coefficient (Wildman–Crippen LogP) is 6.33. The average Bonchev–Trinajstić information content (AvgIpc) is 3.41. The van der Waals surface area contributed by atoms with Crippen molar-refractivity contribution in [1.29, 1.82) is 0 Å². The molecule has 4 rings (SSSR count). The van der Waals surface area contributed by atoms with E-state index in [-0.39, 0.29) is 6.10 Å². The van der Waals surface area contributed by atoms with Crippen LogP contribution in [0.4, 0.5) is 0 Å². The first kappa shape index (κ1) is 21.3. The van der Waals surface area contributed by atoms with Crippen LogP contribution >= 0.6 is 23.1 Å². The lowest BCUT2D eigenvalue weighted by Gasteiger charge is -2.15. The summed E-state index contributed by atoms with van der Waals surface area (Å²) in [5, 5.41) is 12.8. The number of thioether (sulfide) groups is 1. The quantitative estimate of drug-likeness (QED) is 0.221. The normalized spacial score (nSPS) is 11.9. The second-order valence-electron chi connectivity index (χ2n) is 7.11. The number of allylic oxidation sites excluding steroid dienone is 1. The molecule has 0 saturated carbocycles. The van der Waals surface area contributed by atoms with E-state index in [0.29, 0.717) is 6.54 Å². The average molecular weight is 449 g/mol. The maximum Gasteiger partial charge on any atom is 0.192 e. The molecule has 0 aliphatic rings. The number of aryl methyl sites for hydroxylation is 1. The molecule has 31 heavy (non-hydrogen) atoms. The van der Waals surface area contributed by atoms with Crippen LogP contribution in [0.1, 0.15) is 30.1 Å². The molecule has 7 heteroatoms. The number of hydrogen-bond donors (Lipinski definition) is 0. The molecule has 0 bridgehead atoms. The third kappa shape index (κ3) is 5.24. The van der Waals surface area contributed by atoms with Gasteiger partial charge in [-0.2, -0.15) is 0 Å². The summed E-state index contributed by atoms with van der Waals surface area (Å²) in [5.74, 6) is 2.32. The fraction of sp³-hybridized carbons (Fsp3) is 0.208. The van der Waals surface area contributed by atoms with Crippen molar-refractivity contribution < 1.29 is 4.74 Å². The minimum Gasteiger partial charge on any atom is -0.483 e. The lowest BCUT2D eigenvalue weighted by molar-refractivity contribution is 0.210. The SMILES string of the molecule is C=CCn1c(SCc2csc(-c3ccc(C)cc3)n2)nnc1C(C)Oc1ccccc1. The van der Waals surface area contributed by atoms with Gasteiger partial charge in [0.1, 0.15) is 10.8 Å². The molecule has 2 aromatic heterocycles. The molecule has 2 heterocycles. The minimum atomic E-state index is -0.225. The molecular formula is C24H24N4OS2. The fourth-order valence-electron chi connectivity index (χ4n) is 3.10. The van der Waals surface area contributed by atoms with E-state index in [4.69, 9.17) is 9.72 Å². The number of rotatable bonds is 9. The highest BCUT2D eigenvalue weighted by Gasteiger charge is 2.19. The smallest absolute Gasteiger partial charge is 0.192 e. The van der Waals surface area contributed by atoms with Crippen LogP contribution in [0.15, 0.2) is 77.8 Å². The van der Waals surface area contributed by atoms with Crippen molar-refractivity contribution in [3.63, 3.8) is 0 Å². The first-order valence-corrected chi connectivity index (χ1v) is 11.9. The van der Waals surface area contributed by atoms with E-state index in [1.807, 2.05) is 43.3 Å². The van der Waals surface area contributed by atoms with Gasteiger partial charge < -0.3 is 4.74 Å². The highest BCUT2D eigenvalue weighted by Crippen LogP contribution is 2.29. The molecule has 0 aliphatic carbocycles. The molecule has 4 aromatic rings. The molecule has 0 aliphatic heterocycles. The van der Waals surface area contributed by atoms with Gasteiger partial charge in [0.05, 0.1) is 5.69 Å². The zero-order valence-corrected chi connectivity index (χ0v) is 19.2. The van der Waals surface area contributed by atoms with Crippen LogP contribution in [0.25, 0.3) is 10.6 Å². The third-order valence-electron chi connectivity index (χ3n) is 4.68. The lowest BCUT2D eigenvalue weighted by Crippen LogP contribution is -2.12. The molecule has 0 amide bonds. The number of benzene rings is 2. The second-order valence-corrected chi connectivity index (χ2v) is 8.91. The molecule has 0 fully saturated rings. The van der Waals surface area contributed by atoms with E-state index < -0.39 is 0 Å². The van der Waals surface area contributed by atoms with Gasteiger partial charge >= 0.3 is 0 Å². The Labute approximate surface area is 190 Å². The molecule has 0 radical (unpaired) electrons. The summed E-state index contributed by atoms with van der Waals surface area (Å²) in [5.41, 5.74) is 3.43. The number of ether oxygens (including phenoxy) is 1. The van der Waals surface area contributed by atoms with Gasteiger partial charge in [-0.15, -0.1) is 28.1 Å². The second kappa shape index (κ2) is 9.94. The monoisotopic (exact) mass is 448 g/mol. The highest BCUT2D eigenvalue weighted by atomic mass is 32.2. The van der Waals surface area contributed by atoms with E-state index >= 15 is 0 Å². The first-order chi connectivity index (χ1) is 15.1. The van der Waals surface area contributed by atoms with Crippen molar-refractivity contribution in [2.24, 2.45) is 0 Å². The summed E-state index contributed by atoms with van der Waals surface area (Å²) in [4.78, 5) is 4.79. The van der Waals surface area contributed by atoms with Crippen LogP contribution < -0.4 is 4.74 Å². The van der Waals surface area contributed by atoms with E-state index in [1.165, 1.54) is 5.56 Å². The number of para-hydroxylation sites is 1. The molecule has 1 atom stereocenters. The minimum absolute atomic E-state index is 0.225. The Bertz CT molecular complexity index is 1140. The molecule has 5 nitrogen and oxygen atoms in total. The van der Waals surface area contributed by atoms with E-state index in [1.54, 1.807) is 23.1 Å². The Morgan fingerprint density at radius 2 is 1.90 bits per heavy atom. The van der Waals surface area contributed by atoms with Gasteiger partial charge in [0, 0.05) is 23.2 Å². The van der Waals surface area contributed by atoms with Crippen molar-refractivity contribution >= 4 is 23.1 Å². The van der Waals surface area contributed by atoms with Crippen LogP contribution in [-0.4, -0.2) is 19.7 Å². The Hall–Kier alpha value is -2.90. The van der Waals surface area contributed by atoms with Gasteiger partial charge in [-0.25, -0.2) is 4.98 Å². The van der Waals surface area contributed by atoms with Crippen LogP contribution in [0.2, 0.25) is 0 Å². The van der Waals surface area contributed by atoms with Gasteiger partial charge in [0.2, 0.25) is 0 Å².